The fraction of sp³-hybridized carbons (Fsp3) is 0.133. The Morgan fingerprint density at radius 2 is 2.05 bits per heavy atom. The fourth-order valence-corrected chi connectivity index (χ4v) is 2.48. The zero-order valence-corrected chi connectivity index (χ0v) is 13.2. The molecule has 0 saturated heterocycles. The van der Waals surface area contributed by atoms with E-state index in [9.17, 15) is 4.79 Å². The second-order valence-corrected chi connectivity index (χ2v) is 5.41. The van der Waals surface area contributed by atoms with Crippen molar-refractivity contribution in [3.05, 3.63) is 57.0 Å². The zero-order valence-electron chi connectivity index (χ0n) is 10.8. The van der Waals surface area contributed by atoms with E-state index in [2.05, 4.69) is 15.9 Å². The molecule has 104 valence electrons. The molecule has 0 spiro atoms. The average Bonchev–Trinajstić information content (AvgIpc) is 2.43. The number of nitrogens with two attached hydrogens (primary N) is 1. The summed E-state index contributed by atoms with van der Waals surface area (Å²) in [6, 6.07) is 10.0. The predicted octanol–water partition coefficient (Wildman–Crippen LogP) is 4.31. The molecule has 20 heavy (non-hydrogen) atoms. The summed E-state index contributed by atoms with van der Waals surface area (Å²) in [5.74, 6) is 0.522. The van der Waals surface area contributed by atoms with Gasteiger partial charge in [-0.05, 0) is 59.3 Å². The summed E-state index contributed by atoms with van der Waals surface area (Å²) in [5, 5.41) is 0.384. The maximum absolute atomic E-state index is 12.4. The van der Waals surface area contributed by atoms with E-state index in [1.807, 2.05) is 6.92 Å². The minimum Gasteiger partial charge on any atom is -0.493 e. The van der Waals surface area contributed by atoms with Crippen LogP contribution in [0.15, 0.2) is 40.9 Å². The summed E-state index contributed by atoms with van der Waals surface area (Å²) in [7, 11) is 0. The molecule has 2 N–H and O–H groups in total. The second kappa shape index (κ2) is 6.29. The normalized spacial score (nSPS) is 10.3. The van der Waals surface area contributed by atoms with Gasteiger partial charge in [0.15, 0.2) is 5.78 Å². The first-order valence-corrected chi connectivity index (χ1v) is 7.22. The summed E-state index contributed by atoms with van der Waals surface area (Å²) in [4.78, 5) is 12.4. The van der Waals surface area contributed by atoms with Crippen LogP contribution in [0.4, 0.5) is 5.69 Å². The van der Waals surface area contributed by atoms with E-state index in [4.69, 9.17) is 22.1 Å². The van der Waals surface area contributed by atoms with Crippen LogP contribution in [0.1, 0.15) is 22.8 Å². The molecule has 0 aliphatic carbocycles. The van der Waals surface area contributed by atoms with Gasteiger partial charge >= 0.3 is 0 Å². The highest BCUT2D eigenvalue weighted by Crippen LogP contribution is 2.28. The second-order valence-electron chi connectivity index (χ2n) is 4.15. The Labute approximate surface area is 130 Å². The molecule has 5 heteroatoms. The van der Waals surface area contributed by atoms with Crippen LogP contribution in [-0.4, -0.2) is 12.4 Å². The third kappa shape index (κ3) is 3.14. The number of carbonyl (C=O) groups is 1. The first kappa shape index (κ1) is 14.9. The number of carbonyl (C=O) groups excluding carboxylic acids is 1. The molecule has 0 unspecified atom stereocenters. The van der Waals surface area contributed by atoms with Crippen molar-refractivity contribution in [3.8, 4) is 5.75 Å². The largest absolute Gasteiger partial charge is 0.493 e. The molecule has 3 nitrogen and oxygen atoms in total. The molecular formula is C15H13BrClNO2. The molecule has 0 heterocycles. The Hall–Kier alpha value is -1.52. The van der Waals surface area contributed by atoms with Crippen LogP contribution in [0.25, 0.3) is 0 Å². The number of anilines is 1. The Morgan fingerprint density at radius 3 is 2.70 bits per heavy atom. The standard InChI is InChI=1S/C15H13BrClNO2/c1-2-20-14-6-3-9(7-12(14)16)15(19)11-8-10(18)4-5-13(11)17/h3-8H,2,18H2,1H3. The number of hydrogen-bond donors (Lipinski definition) is 1. The van der Waals surface area contributed by atoms with Crippen LogP contribution in [0.3, 0.4) is 0 Å². The molecule has 0 atom stereocenters. The van der Waals surface area contributed by atoms with Gasteiger partial charge in [0.1, 0.15) is 5.75 Å². The fourth-order valence-electron chi connectivity index (χ4n) is 1.79. The lowest BCUT2D eigenvalue weighted by molar-refractivity contribution is 0.103. The first-order chi connectivity index (χ1) is 9.52. The number of rotatable bonds is 4. The van der Waals surface area contributed by atoms with Gasteiger partial charge in [-0.1, -0.05) is 11.6 Å². The van der Waals surface area contributed by atoms with Gasteiger partial charge in [-0.2, -0.15) is 0 Å². The first-order valence-electron chi connectivity index (χ1n) is 6.05. The maximum atomic E-state index is 12.4. The van der Waals surface area contributed by atoms with E-state index in [0.29, 0.717) is 34.2 Å². The third-order valence-electron chi connectivity index (χ3n) is 2.73. The molecule has 0 bridgehead atoms. The highest BCUT2D eigenvalue weighted by atomic mass is 79.9. The molecular weight excluding hydrogens is 342 g/mol. The summed E-state index contributed by atoms with van der Waals surface area (Å²) in [5.41, 5.74) is 7.11. The summed E-state index contributed by atoms with van der Waals surface area (Å²) < 4.78 is 6.14. The molecule has 0 fully saturated rings. The molecule has 0 aromatic heterocycles. The van der Waals surface area contributed by atoms with Gasteiger partial charge < -0.3 is 10.5 Å². The van der Waals surface area contributed by atoms with Crippen molar-refractivity contribution in [2.75, 3.05) is 12.3 Å². The molecule has 2 aromatic rings. The topological polar surface area (TPSA) is 52.3 Å². The van der Waals surface area contributed by atoms with Gasteiger partial charge in [0.25, 0.3) is 0 Å². The highest BCUT2D eigenvalue weighted by Gasteiger charge is 2.15. The van der Waals surface area contributed by atoms with Crippen molar-refractivity contribution in [3.63, 3.8) is 0 Å². The molecule has 2 rings (SSSR count). The Kier molecular flexibility index (Phi) is 4.68. The van der Waals surface area contributed by atoms with Crippen molar-refractivity contribution in [2.45, 2.75) is 6.92 Å². The molecule has 0 radical (unpaired) electrons. The SMILES string of the molecule is CCOc1ccc(C(=O)c2cc(N)ccc2Cl)cc1Br. The van der Waals surface area contributed by atoms with Crippen molar-refractivity contribution in [2.24, 2.45) is 0 Å². The smallest absolute Gasteiger partial charge is 0.194 e. The number of ketones is 1. The highest BCUT2D eigenvalue weighted by molar-refractivity contribution is 9.10. The zero-order chi connectivity index (χ0) is 14.7. The van der Waals surface area contributed by atoms with Crippen molar-refractivity contribution >= 4 is 39.0 Å². The lowest BCUT2D eigenvalue weighted by Gasteiger charge is -2.09. The van der Waals surface area contributed by atoms with E-state index >= 15 is 0 Å². The molecule has 0 aliphatic heterocycles. The molecule has 2 aromatic carbocycles. The van der Waals surface area contributed by atoms with Gasteiger partial charge in [0.2, 0.25) is 0 Å². The van der Waals surface area contributed by atoms with E-state index in [1.54, 1.807) is 36.4 Å². The summed E-state index contributed by atoms with van der Waals surface area (Å²) >= 11 is 9.44. The van der Waals surface area contributed by atoms with Gasteiger partial charge in [-0.25, -0.2) is 0 Å². The Balaban J connectivity index is 2.38. The number of ether oxygens (including phenoxy) is 1. The Morgan fingerprint density at radius 1 is 1.30 bits per heavy atom. The average molecular weight is 355 g/mol. The quantitative estimate of drug-likeness (QED) is 0.657. The monoisotopic (exact) mass is 353 g/mol. The minimum absolute atomic E-state index is 0.175. The van der Waals surface area contributed by atoms with Crippen molar-refractivity contribution in [1.29, 1.82) is 0 Å². The predicted molar refractivity (Wildman–Crippen MR) is 84.6 cm³/mol. The van der Waals surface area contributed by atoms with E-state index in [-0.39, 0.29) is 5.78 Å². The number of benzene rings is 2. The van der Waals surface area contributed by atoms with Crippen LogP contribution in [0.2, 0.25) is 5.02 Å². The van der Waals surface area contributed by atoms with Gasteiger partial charge in [-0.3, -0.25) is 4.79 Å². The number of hydrogen-bond acceptors (Lipinski definition) is 3. The van der Waals surface area contributed by atoms with Crippen LogP contribution in [0, 0.1) is 0 Å². The maximum Gasteiger partial charge on any atom is 0.194 e. The number of halogens is 2. The molecule has 0 aliphatic rings. The van der Waals surface area contributed by atoms with Crippen LogP contribution in [0.5, 0.6) is 5.75 Å². The van der Waals surface area contributed by atoms with Gasteiger partial charge in [0, 0.05) is 16.8 Å². The van der Waals surface area contributed by atoms with Crippen molar-refractivity contribution < 1.29 is 9.53 Å². The van der Waals surface area contributed by atoms with E-state index in [1.165, 1.54) is 0 Å². The van der Waals surface area contributed by atoms with Crippen molar-refractivity contribution in [1.82, 2.24) is 0 Å². The van der Waals surface area contributed by atoms with E-state index in [0.717, 1.165) is 4.47 Å². The summed E-state index contributed by atoms with van der Waals surface area (Å²) in [6.07, 6.45) is 0. The summed E-state index contributed by atoms with van der Waals surface area (Å²) in [6.45, 7) is 2.46. The van der Waals surface area contributed by atoms with Gasteiger partial charge in [-0.15, -0.1) is 0 Å². The van der Waals surface area contributed by atoms with Crippen LogP contribution < -0.4 is 10.5 Å². The number of nitrogen functional groups attached to an aromatic ring is 1. The lowest BCUT2D eigenvalue weighted by Crippen LogP contribution is -2.04. The molecule has 0 amide bonds. The Bertz CT molecular complexity index is 658. The van der Waals surface area contributed by atoms with Crippen LogP contribution in [-0.2, 0) is 0 Å². The van der Waals surface area contributed by atoms with Gasteiger partial charge in [0.05, 0.1) is 16.1 Å². The lowest BCUT2D eigenvalue weighted by atomic mass is 10.0. The minimum atomic E-state index is -0.175. The van der Waals surface area contributed by atoms with E-state index < -0.39 is 0 Å². The third-order valence-corrected chi connectivity index (χ3v) is 3.68. The van der Waals surface area contributed by atoms with Crippen LogP contribution >= 0.6 is 27.5 Å². The molecule has 0 saturated carbocycles.